The van der Waals surface area contributed by atoms with Crippen LogP contribution in [0.1, 0.15) is 34.9 Å². The highest BCUT2D eigenvalue weighted by molar-refractivity contribution is 9.11. The Morgan fingerprint density at radius 2 is 1.78 bits per heavy atom. The van der Waals surface area contributed by atoms with Crippen LogP contribution in [0, 0.1) is 29.6 Å². The minimum Gasteiger partial charge on any atom is -0.494 e. The number of nitrogens with two attached hydrogens (primary N) is 1. The molecule has 1 aliphatic rings. The van der Waals surface area contributed by atoms with Gasteiger partial charge in [0, 0.05) is 5.56 Å². The van der Waals surface area contributed by atoms with E-state index in [4.69, 9.17) is 10.5 Å². The van der Waals surface area contributed by atoms with Crippen LogP contribution in [-0.4, -0.2) is 12.1 Å². The molecule has 134 valence electrons. The smallest absolute Gasteiger partial charge is 0.147 e. The molecule has 0 aliphatic heterocycles. The predicted molar refractivity (Wildman–Crippen MR) is 113 cm³/mol. The summed E-state index contributed by atoms with van der Waals surface area (Å²) < 4.78 is 6.95. The molecule has 0 saturated carbocycles. The molecule has 0 amide bonds. The average molecular weight is 486 g/mol. The number of nitrogens with zero attached hydrogens (tertiary/aromatic N) is 3. The van der Waals surface area contributed by atoms with E-state index in [1.807, 2.05) is 32.1 Å². The number of anilines is 1. The number of benzene rings is 1. The predicted octanol–water partition coefficient (Wildman–Crippen LogP) is 5.23. The maximum Gasteiger partial charge on any atom is 0.147 e. The first kappa shape index (κ1) is 19.2. The zero-order chi connectivity index (χ0) is 19.9. The molecule has 5 nitrogen and oxygen atoms in total. The van der Waals surface area contributed by atoms with Crippen LogP contribution in [0.2, 0.25) is 0 Å². The summed E-state index contributed by atoms with van der Waals surface area (Å²) in [4.78, 5) is 4.34. The number of rotatable bonds is 2. The second-order valence-electron chi connectivity index (χ2n) is 6.02. The molecule has 0 fully saturated rings. The number of nitriles is 2. The number of halogens is 2. The van der Waals surface area contributed by atoms with E-state index in [-0.39, 0.29) is 5.82 Å². The Morgan fingerprint density at radius 3 is 2.30 bits per heavy atom. The van der Waals surface area contributed by atoms with E-state index in [1.54, 1.807) is 7.11 Å². The van der Waals surface area contributed by atoms with Gasteiger partial charge in [-0.15, -0.1) is 0 Å². The average Bonchev–Trinajstić information content (AvgIpc) is 2.86. The molecule has 2 aromatic rings. The monoisotopic (exact) mass is 484 g/mol. The van der Waals surface area contributed by atoms with Gasteiger partial charge in [-0.3, -0.25) is 0 Å². The van der Waals surface area contributed by atoms with Gasteiger partial charge >= 0.3 is 0 Å². The van der Waals surface area contributed by atoms with Crippen LogP contribution < -0.4 is 10.5 Å². The topological polar surface area (TPSA) is 95.7 Å². The van der Waals surface area contributed by atoms with E-state index in [2.05, 4.69) is 49.0 Å². The van der Waals surface area contributed by atoms with E-state index in [0.29, 0.717) is 22.6 Å². The van der Waals surface area contributed by atoms with Crippen LogP contribution >= 0.6 is 31.9 Å². The second-order valence-corrected chi connectivity index (χ2v) is 7.73. The van der Waals surface area contributed by atoms with E-state index in [9.17, 15) is 10.5 Å². The Balaban J connectivity index is 2.31. The number of pyridine rings is 1. The maximum absolute atomic E-state index is 9.62. The van der Waals surface area contributed by atoms with Crippen molar-refractivity contribution in [3.63, 3.8) is 0 Å². The molecular formula is C20H14Br2N4O. The minimum absolute atomic E-state index is 0.144. The molecule has 1 aromatic heterocycles. The lowest BCUT2D eigenvalue weighted by Crippen LogP contribution is -2.03. The van der Waals surface area contributed by atoms with Crippen molar-refractivity contribution in [3.05, 3.63) is 54.6 Å². The molecule has 1 heterocycles. The Kier molecular flexibility index (Phi) is 5.10. The van der Waals surface area contributed by atoms with Gasteiger partial charge in [0.25, 0.3) is 0 Å². The van der Waals surface area contributed by atoms with Gasteiger partial charge < -0.3 is 10.5 Å². The summed E-state index contributed by atoms with van der Waals surface area (Å²) in [6, 6.07) is 8.19. The standard InChI is InChI=1S/C20H14Br2N4O/c1-9-12(4-11-5-15(21)19(27-3)16(22)6-11)17-10(2)14(8-24)20(25)26-18(17)13(9)7-23/h4-6H,1-3H3,(H2,25,26)/b12-4-. The molecule has 0 atom stereocenters. The van der Waals surface area contributed by atoms with E-state index in [0.717, 1.165) is 36.8 Å². The zero-order valence-corrected chi connectivity index (χ0v) is 18.0. The lowest BCUT2D eigenvalue weighted by Gasteiger charge is -2.12. The molecule has 0 bridgehead atoms. The molecule has 0 radical (unpaired) electrons. The molecule has 3 rings (SSSR count). The minimum atomic E-state index is 0.144. The van der Waals surface area contributed by atoms with Gasteiger partial charge in [0.1, 0.15) is 23.7 Å². The van der Waals surface area contributed by atoms with Crippen LogP contribution in [0.4, 0.5) is 5.82 Å². The number of hydrogen-bond donors (Lipinski definition) is 1. The third-order valence-corrected chi connectivity index (χ3v) is 5.70. The lowest BCUT2D eigenvalue weighted by molar-refractivity contribution is 0.409. The maximum atomic E-state index is 9.62. The van der Waals surface area contributed by atoms with Gasteiger partial charge in [-0.25, -0.2) is 4.98 Å². The highest BCUT2D eigenvalue weighted by Crippen LogP contribution is 2.45. The summed E-state index contributed by atoms with van der Waals surface area (Å²) in [5.41, 5.74) is 11.3. The molecule has 2 N–H and O–H groups in total. The van der Waals surface area contributed by atoms with E-state index in [1.165, 1.54) is 0 Å². The highest BCUT2D eigenvalue weighted by Gasteiger charge is 2.29. The van der Waals surface area contributed by atoms with Crippen molar-refractivity contribution in [1.82, 2.24) is 4.98 Å². The molecule has 1 aliphatic carbocycles. The van der Waals surface area contributed by atoms with Crippen molar-refractivity contribution < 1.29 is 4.74 Å². The number of hydrogen-bond acceptors (Lipinski definition) is 5. The first-order valence-corrected chi connectivity index (χ1v) is 9.49. The van der Waals surface area contributed by atoms with Crippen molar-refractivity contribution in [2.45, 2.75) is 13.8 Å². The third kappa shape index (κ3) is 3.03. The van der Waals surface area contributed by atoms with Gasteiger partial charge in [-0.1, -0.05) is 0 Å². The normalized spacial score (nSPS) is 14.1. The summed E-state index contributed by atoms with van der Waals surface area (Å²) in [5, 5.41) is 19.1. The van der Waals surface area contributed by atoms with E-state index >= 15 is 0 Å². The molecule has 1 aromatic carbocycles. The van der Waals surface area contributed by atoms with Crippen LogP contribution in [0.3, 0.4) is 0 Å². The fraction of sp³-hybridized carbons (Fsp3) is 0.150. The molecule has 7 heteroatoms. The Bertz CT molecular complexity index is 1110. The van der Waals surface area contributed by atoms with Crippen molar-refractivity contribution >= 4 is 54.9 Å². The van der Waals surface area contributed by atoms with Crippen molar-refractivity contribution in [2.24, 2.45) is 0 Å². The van der Waals surface area contributed by atoms with Gasteiger partial charge in [0.05, 0.1) is 32.9 Å². The summed E-state index contributed by atoms with van der Waals surface area (Å²) in [7, 11) is 1.60. The zero-order valence-electron chi connectivity index (χ0n) is 14.8. The first-order valence-electron chi connectivity index (χ1n) is 7.91. The number of allylic oxidation sites excluding steroid dienone is 3. The number of fused-ring (bicyclic) bond motifs is 1. The van der Waals surface area contributed by atoms with Gasteiger partial charge in [0.15, 0.2) is 0 Å². The fourth-order valence-corrected chi connectivity index (χ4v) is 4.77. The van der Waals surface area contributed by atoms with E-state index < -0.39 is 0 Å². The van der Waals surface area contributed by atoms with Crippen molar-refractivity contribution in [1.29, 1.82) is 10.5 Å². The third-order valence-electron chi connectivity index (χ3n) is 4.52. The number of methoxy groups -OCH3 is 1. The Labute approximate surface area is 174 Å². The number of ether oxygens (including phenoxy) is 1. The fourth-order valence-electron chi connectivity index (χ4n) is 3.22. The van der Waals surface area contributed by atoms with Gasteiger partial charge in [-0.05, 0) is 86.2 Å². The number of aromatic nitrogens is 1. The van der Waals surface area contributed by atoms with Gasteiger partial charge in [-0.2, -0.15) is 10.5 Å². The van der Waals surface area contributed by atoms with Crippen molar-refractivity contribution in [2.75, 3.05) is 12.8 Å². The van der Waals surface area contributed by atoms with Crippen LogP contribution in [0.25, 0.3) is 17.2 Å². The quantitative estimate of drug-likeness (QED) is 0.628. The number of nitrogen functional groups attached to an aromatic ring is 1. The summed E-state index contributed by atoms with van der Waals surface area (Å²) in [6.07, 6.45) is 1.97. The molecule has 0 unspecified atom stereocenters. The SMILES string of the molecule is COc1c(Br)cc(/C=C2/C(C)=C(C#N)c3nc(N)c(C#N)c(C)c32)cc1Br. The molecule has 0 spiro atoms. The summed E-state index contributed by atoms with van der Waals surface area (Å²) in [6.45, 7) is 3.71. The van der Waals surface area contributed by atoms with Crippen LogP contribution in [0.5, 0.6) is 5.75 Å². The van der Waals surface area contributed by atoms with Gasteiger partial charge in [0.2, 0.25) is 0 Å². The summed E-state index contributed by atoms with van der Waals surface area (Å²) >= 11 is 7.01. The molecule has 27 heavy (non-hydrogen) atoms. The molecular weight excluding hydrogens is 472 g/mol. The Hall–Kier alpha value is -2.61. The second kappa shape index (κ2) is 7.19. The lowest BCUT2D eigenvalue weighted by atomic mass is 9.95. The van der Waals surface area contributed by atoms with Crippen LogP contribution in [0.15, 0.2) is 26.7 Å². The first-order chi connectivity index (χ1) is 12.8. The highest BCUT2D eigenvalue weighted by atomic mass is 79.9. The summed E-state index contributed by atoms with van der Waals surface area (Å²) in [5.74, 6) is 0.844. The molecule has 0 saturated heterocycles. The Morgan fingerprint density at radius 1 is 1.15 bits per heavy atom. The largest absolute Gasteiger partial charge is 0.494 e. The van der Waals surface area contributed by atoms with Crippen LogP contribution in [-0.2, 0) is 0 Å². The van der Waals surface area contributed by atoms with Crippen molar-refractivity contribution in [3.8, 4) is 17.9 Å².